The SMILES string of the molecule is COc1c(C)c(C)c(Br)c(C)c1C1(CCl)COC1. The van der Waals surface area contributed by atoms with E-state index < -0.39 is 0 Å². The van der Waals surface area contributed by atoms with E-state index in [1.807, 2.05) is 0 Å². The zero-order valence-corrected chi connectivity index (χ0v) is 13.5. The zero-order chi connectivity index (χ0) is 13.5. The van der Waals surface area contributed by atoms with Crippen LogP contribution in [-0.4, -0.2) is 26.2 Å². The lowest BCUT2D eigenvalue weighted by Crippen LogP contribution is -2.49. The summed E-state index contributed by atoms with van der Waals surface area (Å²) in [4.78, 5) is 0. The van der Waals surface area contributed by atoms with Crippen molar-refractivity contribution < 1.29 is 9.47 Å². The summed E-state index contributed by atoms with van der Waals surface area (Å²) in [7, 11) is 1.72. The molecule has 1 fully saturated rings. The van der Waals surface area contributed by atoms with Crippen LogP contribution in [-0.2, 0) is 10.2 Å². The molecule has 1 saturated heterocycles. The lowest BCUT2D eigenvalue weighted by atomic mass is 9.76. The summed E-state index contributed by atoms with van der Waals surface area (Å²) < 4.78 is 12.2. The molecule has 0 aromatic heterocycles. The molecule has 0 unspecified atom stereocenters. The van der Waals surface area contributed by atoms with Crippen molar-refractivity contribution in [3.8, 4) is 5.75 Å². The van der Waals surface area contributed by atoms with Crippen molar-refractivity contribution in [3.05, 3.63) is 26.7 Å². The van der Waals surface area contributed by atoms with Gasteiger partial charge in [0.15, 0.2) is 0 Å². The molecule has 0 radical (unpaired) electrons. The molecular weight excluding hydrogens is 316 g/mol. The highest BCUT2D eigenvalue weighted by atomic mass is 79.9. The van der Waals surface area contributed by atoms with Crippen molar-refractivity contribution in [3.63, 3.8) is 0 Å². The Kier molecular flexibility index (Phi) is 3.96. The van der Waals surface area contributed by atoms with Crippen molar-refractivity contribution in [1.82, 2.24) is 0 Å². The van der Waals surface area contributed by atoms with Crippen LogP contribution in [0.4, 0.5) is 0 Å². The van der Waals surface area contributed by atoms with Crippen LogP contribution in [0, 0.1) is 20.8 Å². The van der Waals surface area contributed by atoms with Crippen LogP contribution in [0.1, 0.15) is 22.3 Å². The number of ether oxygens (including phenoxy) is 2. The third-order valence-corrected chi connectivity index (χ3v) is 5.61. The molecule has 100 valence electrons. The van der Waals surface area contributed by atoms with Gasteiger partial charge in [0.1, 0.15) is 5.75 Å². The highest BCUT2D eigenvalue weighted by molar-refractivity contribution is 9.10. The number of alkyl halides is 1. The molecule has 1 aliphatic rings. The van der Waals surface area contributed by atoms with Crippen LogP contribution in [0.2, 0.25) is 0 Å². The molecule has 0 aliphatic carbocycles. The van der Waals surface area contributed by atoms with Crippen molar-refractivity contribution >= 4 is 27.5 Å². The summed E-state index contributed by atoms with van der Waals surface area (Å²) in [6.07, 6.45) is 0. The van der Waals surface area contributed by atoms with Crippen LogP contribution in [0.15, 0.2) is 4.47 Å². The Balaban J connectivity index is 2.73. The van der Waals surface area contributed by atoms with Crippen molar-refractivity contribution in [2.45, 2.75) is 26.2 Å². The minimum Gasteiger partial charge on any atom is -0.496 e. The fraction of sp³-hybridized carbons (Fsp3) is 0.571. The quantitative estimate of drug-likeness (QED) is 0.781. The Morgan fingerprint density at radius 1 is 1.22 bits per heavy atom. The second-order valence-electron chi connectivity index (χ2n) is 5.00. The van der Waals surface area contributed by atoms with Gasteiger partial charge >= 0.3 is 0 Å². The minimum atomic E-state index is -0.0992. The lowest BCUT2D eigenvalue weighted by molar-refractivity contribution is -0.0492. The summed E-state index contributed by atoms with van der Waals surface area (Å²) >= 11 is 9.87. The van der Waals surface area contributed by atoms with Gasteiger partial charge in [-0.05, 0) is 37.5 Å². The smallest absolute Gasteiger partial charge is 0.126 e. The third-order valence-electron chi connectivity index (χ3n) is 3.91. The van der Waals surface area contributed by atoms with Crippen LogP contribution in [0.3, 0.4) is 0 Å². The summed E-state index contributed by atoms with van der Waals surface area (Å²) in [5.41, 5.74) is 4.69. The van der Waals surface area contributed by atoms with Gasteiger partial charge < -0.3 is 9.47 Å². The van der Waals surface area contributed by atoms with Crippen LogP contribution in [0.5, 0.6) is 5.75 Å². The zero-order valence-electron chi connectivity index (χ0n) is 11.2. The summed E-state index contributed by atoms with van der Waals surface area (Å²) in [6.45, 7) is 7.64. The molecule has 0 atom stereocenters. The summed E-state index contributed by atoms with van der Waals surface area (Å²) in [6, 6.07) is 0. The molecule has 0 bridgehead atoms. The van der Waals surface area contributed by atoms with Gasteiger partial charge in [-0.15, -0.1) is 11.6 Å². The predicted octanol–water partition coefficient (Wildman–Crippen LogP) is 3.89. The summed E-state index contributed by atoms with van der Waals surface area (Å²) in [5.74, 6) is 1.51. The predicted molar refractivity (Wildman–Crippen MR) is 78.1 cm³/mol. The van der Waals surface area contributed by atoms with Gasteiger partial charge in [-0.1, -0.05) is 15.9 Å². The molecular formula is C14H18BrClO2. The van der Waals surface area contributed by atoms with Gasteiger partial charge in [-0.25, -0.2) is 0 Å². The van der Waals surface area contributed by atoms with E-state index in [1.165, 1.54) is 22.3 Å². The highest BCUT2D eigenvalue weighted by Crippen LogP contribution is 2.46. The van der Waals surface area contributed by atoms with E-state index in [-0.39, 0.29) is 5.41 Å². The van der Waals surface area contributed by atoms with Crippen LogP contribution in [0.25, 0.3) is 0 Å². The van der Waals surface area contributed by atoms with Gasteiger partial charge in [-0.3, -0.25) is 0 Å². The largest absolute Gasteiger partial charge is 0.496 e. The lowest BCUT2D eigenvalue weighted by Gasteiger charge is -2.42. The number of rotatable bonds is 3. The molecule has 1 heterocycles. The van der Waals surface area contributed by atoms with Crippen molar-refractivity contribution in [2.75, 3.05) is 26.2 Å². The molecule has 2 nitrogen and oxygen atoms in total. The third kappa shape index (κ3) is 1.87. The molecule has 4 heteroatoms. The Morgan fingerprint density at radius 3 is 2.22 bits per heavy atom. The Hall–Kier alpha value is -0.250. The van der Waals surface area contributed by atoms with Crippen LogP contribution >= 0.6 is 27.5 Å². The second-order valence-corrected chi connectivity index (χ2v) is 6.06. The molecule has 18 heavy (non-hydrogen) atoms. The number of benzene rings is 1. The molecule has 1 aliphatic heterocycles. The summed E-state index contributed by atoms with van der Waals surface area (Å²) in [5, 5.41) is 0. The molecule has 0 N–H and O–H groups in total. The fourth-order valence-electron chi connectivity index (χ4n) is 2.61. The van der Waals surface area contributed by atoms with Gasteiger partial charge in [0.25, 0.3) is 0 Å². The van der Waals surface area contributed by atoms with Crippen molar-refractivity contribution in [1.29, 1.82) is 0 Å². The Bertz CT molecular complexity index is 476. The van der Waals surface area contributed by atoms with E-state index in [4.69, 9.17) is 21.1 Å². The maximum Gasteiger partial charge on any atom is 0.126 e. The average molecular weight is 334 g/mol. The number of hydrogen-bond acceptors (Lipinski definition) is 2. The first-order valence-corrected chi connectivity index (χ1v) is 7.28. The maximum absolute atomic E-state index is 6.19. The van der Waals surface area contributed by atoms with E-state index in [1.54, 1.807) is 7.11 Å². The van der Waals surface area contributed by atoms with Gasteiger partial charge in [0.05, 0.1) is 25.7 Å². The fourth-order valence-corrected chi connectivity index (χ4v) is 3.40. The molecule has 0 spiro atoms. The number of hydrogen-bond donors (Lipinski definition) is 0. The van der Waals surface area contributed by atoms with Crippen molar-refractivity contribution in [2.24, 2.45) is 0 Å². The molecule has 0 saturated carbocycles. The monoisotopic (exact) mass is 332 g/mol. The standard InChI is InChI=1S/C14H18BrClO2/c1-8-9(2)13(17-4)11(10(3)12(8)15)14(5-16)6-18-7-14/h5-7H2,1-4H3. The Labute approximate surface area is 122 Å². The highest BCUT2D eigenvalue weighted by Gasteiger charge is 2.44. The van der Waals surface area contributed by atoms with E-state index in [2.05, 4.69) is 36.7 Å². The molecule has 1 aromatic rings. The van der Waals surface area contributed by atoms with Gasteiger partial charge in [0.2, 0.25) is 0 Å². The number of methoxy groups -OCH3 is 1. The average Bonchev–Trinajstić information content (AvgIpc) is 2.32. The molecule has 1 aromatic carbocycles. The van der Waals surface area contributed by atoms with E-state index in [9.17, 15) is 0 Å². The minimum absolute atomic E-state index is 0.0992. The van der Waals surface area contributed by atoms with E-state index in [0.29, 0.717) is 19.1 Å². The molecule has 2 rings (SSSR count). The van der Waals surface area contributed by atoms with Gasteiger partial charge in [-0.2, -0.15) is 0 Å². The van der Waals surface area contributed by atoms with E-state index >= 15 is 0 Å². The second kappa shape index (κ2) is 5.03. The van der Waals surface area contributed by atoms with Crippen LogP contribution < -0.4 is 4.74 Å². The Morgan fingerprint density at radius 2 is 1.83 bits per heavy atom. The first kappa shape index (κ1) is 14.2. The first-order chi connectivity index (χ1) is 8.48. The normalized spacial score (nSPS) is 17.4. The van der Waals surface area contributed by atoms with E-state index in [0.717, 1.165) is 10.2 Å². The van der Waals surface area contributed by atoms with Gasteiger partial charge in [0, 0.05) is 15.9 Å². The first-order valence-electron chi connectivity index (χ1n) is 5.96. The molecule has 0 amide bonds. The number of halogens is 2. The topological polar surface area (TPSA) is 18.5 Å². The maximum atomic E-state index is 6.19.